The van der Waals surface area contributed by atoms with E-state index in [1.54, 1.807) is 17.8 Å². The molecule has 0 aliphatic rings. The minimum atomic E-state index is -0.549. The zero-order valence-electron chi connectivity index (χ0n) is 14.3. The Labute approximate surface area is 145 Å². The number of carbonyl (C=O) groups excluding carboxylic acids is 1. The van der Waals surface area contributed by atoms with Gasteiger partial charge < -0.3 is 10.4 Å². The Morgan fingerprint density at radius 2 is 2.12 bits per heavy atom. The fourth-order valence-electron chi connectivity index (χ4n) is 2.76. The van der Waals surface area contributed by atoms with Crippen LogP contribution in [0.25, 0.3) is 16.6 Å². The van der Waals surface area contributed by atoms with Gasteiger partial charge in [-0.1, -0.05) is 36.8 Å². The second-order valence-corrected chi connectivity index (χ2v) is 5.94. The second-order valence-electron chi connectivity index (χ2n) is 5.94. The Kier molecular flexibility index (Phi) is 5.04. The summed E-state index contributed by atoms with van der Waals surface area (Å²) in [4.78, 5) is 16.7. The molecule has 0 saturated heterocycles. The third-order valence-electron chi connectivity index (χ3n) is 4.07. The van der Waals surface area contributed by atoms with Gasteiger partial charge in [-0.3, -0.25) is 9.78 Å². The van der Waals surface area contributed by atoms with Crippen molar-refractivity contribution in [1.29, 1.82) is 0 Å². The Bertz CT molecular complexity index is 885. The number of benzene rings is 1. The summed E-state index contributed by atoms with van der Waals surface area (Å²) in [7, 11) is 0. The van der Waals surface area contributed by atoms with Gasteiger partial charge in [0.25, 0.3) is 5.91 Å². The summed E-state index contributed by atoms with van der Waals surface area (Å²) in [6, 6.07) is 9.63. The van der Waals surface area contributed by atoms with E-state index >= 15 is 0 Å². The number of amides is 1. The van der Waals surface area contributed by atoms with Gasteiger partial charge in [-0.2, -0.15) is 0 Å². The molecule has 0 radical (unpaired) electrons. The summed E-state index contributed by atoms with van der Waals surface area (Å²) in [6.45, 7) is 3.98. The molecule has 0 saturated carbocycles. The molecule has 1 unspecified atom stereocenters. The van der Waals surface area contributed by atoms with Crippen LogP contribution >= 0.6 is 0 Å². The monoisotopic (exact) mass is 339 g/mol. The van der Waals surface area contributed by atoms with Crippen LogP contribution in [0.1, 0.15) is 35.9 Å². The van der Waals surface area contributed by atoms with Gasteiger partial charge >= 0.3 is 0 Å². The van der Waals surface area contributed by atoms with Crippen LogP contribution in [0.5, 0.6) is 0 Å². The fourth-order valence-corrected chi connectivity index (χ4v) is 2.76. The van der Waals surface area contributed by atoms with E-state index in [4.69, 9.17) is 0 Å². The molecule has 2 N–H and O–H groups in total. The first-order valence-corrected chi connectivity index (χ1v) is 8.34. The molecular formula is C18H21N5O2. The van der Waals surface area contributed by atoms with E-state index in [-0.39, 0.29) is 18.1 Å². The van der Waals surface area contributed by atoms with Crippen molar-refractivity contribution in [2.45, 2.75) is 32.8 Å². The van der Waals surface area contributed by atoms with Crippen LogP contribution in [0, 0.1) is 6.92 Å². The molecule has 2 aromatic heterocycles. The number of hydrogen-bond donors (Lipinski definition) is 2. The van der Waals surface area contributed by atoms with E-state index in [0.29, 0.717) is 12.1 Å². The Balaban J connectivity index is 1.87. The maximum absolute atomic E-state index is 12.3. The fraction of sp³-hybridized carbons (Fsp3) is 0.333. The van der Waals surface area contributed by atoms with Crippen LogP contribution < -0.4 is 5.32 Å². The van der Waals surface area contributed by atoms with Crippen molar-refractivity contribution >= 4 is 16.8 Å². The topological polar surface area (TPSA) is 92.9 Å². The average Bonchev–Trinajstić information content (AvgIpc) is 3.01. The quantitative estimate of drug-likeness (QED) is 0.717. The summed E-state index contributed by atoms with van der Waals surface area (Å²) < 4.78 is 1.62. The number of nitrogens with zero attached hydrogens (tertiary/aromatic N) is 4. The van der Waals surface area contributed by atoms with Crippen LogP contribution in [0.4, 0.5) is 0 Å². The number of nitrogens with one attached hydrogen (secondary N) is 1. The van der Waals surface area contributed by atoms with E-state index in [1.807, 2.05) is 37.3 Å². The normalized spacial score (nSPS) is 12.3. The molecule has 130 valence electrons. The van der Waals surface area contributed by atoms with Crippen LogP contribution in [0.2, 0.25) is 0 Å². The molecule has 0 spiro atoms. The first-order valence-electron chi connectivity index (χ1n) is 8.34. The smallest absolute Gasteiger partial charge is 0.273 e. The standard InChI is InChI=1S/C18H21N5O2/c1-3-6-14(24)11-20-18(25)16-12(2)23(22-21-16)15-9-4-7-13-8-5-10-19-17(13)15/h4-5,7-10,14,24H,3,6,11H2,1-2H3,(H,20,25). The van der Waals surface area contributed by atoms with E-state index in [2.05, 4.69) is 20.6 Å². The van der Waals surface area contributed by atoms with Crippen molar-refractivity contribution in [2.75, 3.05) is 6.54 Å². The van der Waals surface area contributed by atoms with Crippen molar-refractivity contribution in [3.05, 3.63) is 47.9 Å². The van der Waals surface area contributed by atoms with Crippen LogP contribution in [-0.4, -0.2) is 43.6 Å². The van der Waals surface area contributed by atoms with E-state index < -0.39 is 6.10 Å². The van der Waals surface area contributed by atoms with Gasteiger partial charge in [0.2, 0.25) is 0 Å². The predicted molar refractivity (Wildman–Crippen MR) is 94.6 cm³/mol. The van der Waals surface area contributed by atoms with Crippen molar-refractivity contribution in [2.24, 2.45) is 0 Å². The molecule has 25 heavy (non-hydrogen) atoms. The number of pyridine rings is 1. The summed E-state index contributed by atoms with van der Waals surface area (Å²) in [5.41, 5.74) is 2.44. The van der Waals surface area contributed by atoms with Gasteiger partial charge in [-0.25, -0.2) is 4.68 Å². The van der Waals surface area contributed by atoms with Crippen molar-refractivity contribution < 1.29 is 9.90 Å². The minimum Gasteiger partial charge on any atom is -0.391 e. The lowest BCUT2D eigenvalue weighted by Gasteiger charge is -2.10. The highest BCUT2D eigenvalue weighted by molar-refractivity contribution is 5.93. The van der Waals surface area contributed by atoms with Gasteiger partial charge in [-0.05, 0) is 25.5 Å². The number of aliphatic hydroxyl groups excluding tert-OH is 1. The number of aliphatic hydroxyl groups is 1. The molecule has 7 nitrogen and oxygen atoms in total. The molecule has 7 heteroatoms. The predicted octanol–water partition coefficient (Wildman–Crippen LogP) is 2.01. The Morgan fingerprint density at radius 1 is 1.32 bits per heavy atom. The first-order chi connectivity index (χ1) is 12.1. The summed E-state index contributed by atoms with van der Waals surface area (Å²) in [5, 5.41) is 21.6. The number of fused-ring (bicyclic) bond motifs is 1. The van der Waals surface area contributed by atoms with Crippen LogP contribution in [0.15, 0.2) is 36.5 Å². The third kappa shape index (κ3) is 3.51. The number of hydrogen-bond acceptors (Lipinski definition) is 5. The zero-order chi connectivity index (χ0) is 17.8. The lowest BCUT2D eigenvalue weighted by atomic mass is 10.2. The lowest BCUT2D eigenvalue weighted by molar-refractivity contribution is 0.0904. The second kappa shape index (κ2) is 7.40. The van der Waals surface area contributed by atoms with Crippen molar-refractivity contribution in [1.82, 2.24) is 25.3 Å². The van der Waals surface area contributed by atoms with E-state index in [0.717, 1.165) is 23.0 Å². The highest BCUT2D eigenvalue weighted by atomic mass is 16.3. The van der Waals surface area contributed by atoms with Gasteiger partial charge in [0, 0.05) is 18.1 Å². The molecule has 0 aliphatic carbocycles. The SMILES string of the molecule is CCCC(O)CNC(=O)c1nnn(-c2cccc3cccnc23)c1C. The summed E-state index contributed by atoms with van der Waals surface area (Å²) >= 11 is 0. The highest BCUT2D eigenvalue weighted by Gasteiger charge is 2.19. The number of carbonyl (C=O) groups is 1. The molecule has 1 aromatic carbocycles. The molecule has 0 bridgehead atoms. The highest BCUT2D eigenvalue weighted by Crippen LogP contribution is 2.21. The number of aromatic nitrogens is 4. The van der Waals surface area contributed by atoms with Crippen LogP contribution in [-0.2, 0) is 0 Å². The maximum Gasteiger partial charge on any atom is 0.273 e. The molecule has 2 heterocycles. The number of rotatable bonds is 6. The van der Waals surface area contributed by atoms with E-state index in [9.17, 15) is 9.90 Å². The molecule has 3 aromatic rings. The minimum absolute atomic E-state index is 0.203. The van der Waals surface area contributed by atoms with Gasteiger partial charge in [0.1, 0.15) is 0 Å². The van der Waals surface area contributed by atoms with Crippen molar-refractivity contribution in [3.8, 4) is 5.69 Å². The first kappa shape index (κ1) is 17.0. The zero-order valence-corrected chi connectivity index (χ0v) is 14.3. The van der Waals surface area contributed by atoms with E-state index in [1.165, 1.54) is 0 Å². The van der Waals surface area contributed by atoms with Gasteiger partial charge in [0.15, 0.2) is 5.69 Å². The molecular weight excluding hydrogens is 318 g/mol. The van der Waals surface area contributed by atoms with Gasteiger partial charge in [0.05, 0.1) is 23.0 Å². The third-order valence-corrected chi connectivity index (χ3v) is 4.07. The Morgan fingerprint density at radius 3 is 2.92 bits per heavy atom. The van der Waals surface area contributed by atoms with Crippen LogP contribution in [0.3, 0.4) is 0 Å². The molecule has 0 aliphatic heterocycles. The number of para-hydroxylation sites is 1. The largest absolute Gasteiger partial charge is 0.391 e. The summed E-state index contributed by atoms with van der Waals surface area (Å²) in [6.07, 6.45) is 2.68. The molecule has 1 atom stereocenters. The van der Waals surface area contributed by atoms with Gasteiger partial charge in [-0.15, -0.1) is 5.10 Å². The summed E-state index contributed by atoms with van der Waals surface area (Å²) in [5.74, 6) is -0.341. The lowest BCUT2D eigenvalue weighted by Crippen LogP contribution is -2.32. The maximum atomic E-state index is 12.3. The molecule has 0 fully saturated rings. The average molecular weight is 339 g/mol. The van der Waals surface area contributed by atoms with Crippen molar-refractivity contribution in [3.63, 3.8) is 0 Å². The molecule has 1 amide bonds. The Hall–Kier alpha value is -2.80. The molecule has 3 rings (SSSR count).